The Balaban J connectivity index is 2.28. The summed E-state index contributed by atoms with van der Waals surface area (Å²) in [6, 6.07) is 11.6. The molecule has 0 aromatic heterocycles. The van der Waals surface area contributed by atoms with Crippen LogP contribution < -0.4 is 15.8 Å². The van der Waals surface area contributed by atoms with Crippen LogP contribution in [0.5, 0.6) is 11.5 Å². The molecule has 0 unspecified atom stereocenters. The van der Waals surface area contributed by atoms with Crippen molar-refractivity contribution < 1.29 is 4.74 Å². The lowest BCUT2D eigenvalue weighted by Crippen LogP contribution is -1.94. The third-order valence-electron chi connectivity index (χ3n) is 2.91. The topological polar surface area (TPSA) is 47.3 Å². The van der Waals surface area contributed by atoms with Crippen LogP contribution in [0.15, 0.2) is 36.4 Å². The summed E-state index contributed by atoms with van der Waals surface area (Å²) < 4.78 is 5.87. The van der Waals surface area contributed by atoms with Crippen LogP contribution in [0.1, 0.15) is 11.1 Å². The zero-order valence-corrected chi connectivity index (χ0v) is 10.9. The molecule has 0 saturated carbocycles. The quantitative estimate of drug-likeness (QED) is 0.806. The number of rotatable bonds is 3. The van der Waals surface area contributed by atoms with Gasteiger partial charge in [0.2, 0.25) is 0 Å². The van der Waals surface area contributed by atoms with Crippen LogP contribution in [0.2, 0.25) is 0 Å². The molecule has 0 amide bonds. The third-order valence-corrected chi connectivity index (χ3v) is 2.91. The molecule has 2 aromatic rings. The fourth-order valence-electron chi connectivity index (χ4n) is 1.85. The molecular formula is C15H18N2O. The van der Waals surface area contributed by atoms with Crippen LogP contribution in [0.3, 0.4) is 0 Å². The van der Waals surface area contributed by atoms with E-state index >= 15 is 0 Å². The molecule has 0 atom stereocenters. The van der Waals surface area contributed by atoms with Crippen LogP contribution in [0.4, 0.5) is 11.4 Å². The number of nitrogen functional groups attached to an aromatic ring is 1. The highest BCUT2D eigenvalue weighted by molar-refractivity contribution is 5.55. The molecule has 3 N–H and O–H groups in total. The lowest BCUT2D eigenvalue weighted by atomic mass is 10.2. The molecular weight excluding hydrogens is 224 g/mol. The van der Waals surface area contributed by atoms with Crippen molar-refractivity contribution in [3.8, 4) is 11.5 Å². The highest BCUT2D eigenvalue weighted by Gasteiger charge is 2.04. The first-order valence-corrected chi connectivity index (χ1v) is 5.92. The molecule has 0 heterocycles. The number of anilines is 2. The molecule has 0 fully saturated rings. The maximum atomic E-state index is 5.87. The fourth-order valence-corrected chi connectivity index (χ4v) is 1.85. The van der Waals surface area contributed by atoms with Gasteiger partial charge in [-0.05, 0) is 49.2 Å². The Kier molecular flexibility index (Phi) is 3.42. The molecule has 0 radical (unpaired) electrons. The molecule has 94 valence electrons. The van der Waals surface area contributed by atoms with Crippen LogP contribution in [-0.4, -0.2) is 7.05 Å². The highest BCUT2D eigenvalue weighted by atomic mass is 16.5. The summed E-state index contributed by atoms with van der Waals surface area (Å²) in [5, 5.41) is 3.15. The number of aryl methyl sites for hydroxylation is 2. The van der Waals surface area contributed by atoms with Gasteiger partial charge < -0.3 is 15.8 Å². The van der Waals surface area contributed by atoms with Crippen LogP contribution in [0.25, 0.3) is 0 Å². The highest BCUT2D eigenvalue weighted by Crippen LogP contribution is 2.29. The average Bonchev–Trinajstić information content (AvgIpc) is 2.35. The third kappa shape index (κ3) is 2.56. The standard InChI is InChI=1S/C15H18N2O/c1-10-4-6-13(9-14(10)17-3)18-15-7-5-12(16)8-11(15)2/h4-9,17H,16H2,1-3H3. The smallest absolute Gasteiger partial charge is 0.130 e. The van der Waals surface area contributed by atoms with Gasteiger partial charge >= 0.3 is 0 Å². The van der Waals surface area contributed by atoms with Crippen molar-refractivity contribution in [1.29, 1.82) is 0 Å². The summed E-state index contributed by atoms with van der Waals surface area (Å²) in [6.45, 7) is 4.04. The van der Waals surface area contributed by atoms with Crippen molar-refractivity contribution in [2.45, 2.75) is 13.8 Å². The van der Waals surface area contributed by atoms with Gasteiger partial charge in [0.15, 0.2) is 0 Å². The van der Waals surface area contributed by atoms with Crippen molar-refractivity contribution in [2.75, 3.05) is 18.1 Å². The minimum atomic E-state index is 0.750. The van der Waals surface area contributed by atoms with Gasteiger partial charge in [-0.25, -0.2) is 0 Å². The Morgan fingerprint density at radius 3 is 2.44 bits per heavy atom. The summed E-state index contributed by atoms with van der Waals surface area (Å²) >= 11 is 0. The lowest BCUT2D eigenvalue weighted by molar-refractivity contribution is 0.479. The maximum Gasteiger partial charge on any atom is 0.130 e. The Labute approximate surface area is 108 Å². The van der Waals surface area contributed by atoms with E-state index in [0.29, 0.717) is 0 Å². The Hall–Kier alpha value is -2.16. The zero-order chi connectivity index (χ0) is 13.1. The minimum absolute atomic E-state index is 0.750. The fraction of sp³-hybridized carbons (Fsp3) is 0.200. The second-order valence-corrected chi connectivity index (χ2v) is 4.35. The van der Waals surface area contributed by atoms with Crippen LogP contribution in [0, 0.1) is 13.8 Å². The van der Waals surface area contributed by atoms with Crippen molar-refractivity contribution in [1.82, 2.24) is 0 Å². The molecule has 0 saturated heterocycles. The van der Waals surface area contributed by atoms with Crippen molar-refractivity contribution in [3.05, 3.63) is 47.5 Å². The molecule has 2 aromatic carbocycles. The van der Waals surface area contributed by atoms with E-state index in [0.717, 1.165) is 28.4 Å². The van der Waals surface area contributed by atoms with Crippen LogP contribution >= 0.6 is 0 Å². The molecule has 0 bridgehead atoms. The van der Waals surface area contributed by atoms with Crippen molar-refractivity contribution >= 4 is 11.4 Å². The average molecular weight is 242 g/mol. The molecule has 0 aliphatic rings. The van der Waals surface area contributed by atoms with Crippen molar-refractivity contribution in [3.63, 3.8) is 0 Å². The van der Waals surface area contributed by atoms with Crippen molar-refractivity contribution in [2.24, 2.45) is 0 Å². The molecule has 18 heavy (non-hydrogen) atoms. The number of benzene rings is 2. The summed E-state index contributed by atoms with van der Waals surface area (Å²) in [5.74, 6) is 1.65. The minimum Gasteiger partial charge on any atom is -0.457 e. The van der Waals surface area contributed by atoms with Gasteiger partial charge in [-0.2, -0.15) is 0 Å². The molecule has 0 spiro atoms. The molecule has 0 aliphatic carbocycles. The van der Waals surface area contributed by atoms with E-state index in [2.05, 4.69) is 12.2 Å². The van der Waals surface area contributed by atoms with Gasteiger partial charge in [0.1, 0.15) is 11.5 Å². The first-order valence-electron chi connectivity index (χ1n) is 5.92. The van der Waals surface area contributed by atoms with Gasteiger partial charge in [0.05, 0.1) is 0 Å². The second-order valence-electron chi connectivity index (χ2n) is 4.35. The SMILES string of the molecule is CNc1cc(Oc2ccc(N)cc2C)ccc1C. The molecule has 0 aliphatic heterocycles. The van der Waals surface area contributed by atoms with E-state index in [1.807, 2.05) is 50.4 Å². The van der Waals surface area contributed by atoms with Crippen LogP contribution in [-0.2, 0) is 0 Å². The number of nitrogens with one attached hydrogen (secondary N) is 1. The number of hydrogen-bond donors (Lipinski definition) is 2. The van der Waals surface area contributed by atoms with Gasteiger partial charge in [0, 0.05) is 24.5 Å². The van der Waals surface area contributed by atoms with Gasteiger partial charge in [-0.1, -0.05) is 6.07 Å². The second kappa shape index (κ2) is 5.00. The van der Waals surface area contributed by atoms with Gasteiger partial charge in [-0.15, -0.1) is 0 Å². The number of hydrogen-bond acceptors (Lipinski definition) is 3. The Bertz CT molecular complexity index is 564. The zero-order valence-electron chi connectivity index (χ0n) is 10.9. The monoisotopic (exact) mass is 242 g/mol. The molecule has 3 heteroatoms. The lowest BCUT2D eigenvalue weighted by Gasteiger charge is -2.12. The summed E-state index contributed by atoms with van der Waals surface area (Å²) in [6.07, 6.45) is 0. The van der Waals surface area contributed by atoms with E-state index in [4.69, 9.17) is 10.5 Å². The summed E-state index contributed by atoms with van der Waals surface area (Å²) in [5.41, 5.74) is 9.76. The van der Waals surface area contributed by atoms with Gasteiger partial charge in [-0.3, -0.25) is 0 Å². The first kappa shape index (κ1) is 12.3. The Morgan fingerprint density at radius 2 is 1.78 bits per heavy atom. The molecule has 3 nitrogen and oxygen atoms in total. The van der Waals surface area contributed by atoms with Gasteiger partial charge in [0.25, 0.3) is 0 Å². The Morgan fingerprint density at radius 1 is 1.00 bits per heavy atom. The predicted octanol–water partition coefficient (Wildman–Crippen LogP) is 3.72. The number of ether oxygens (including phenoxy) is 1. The predicted molar refractivity (Wildman–Crippen MR) is 76.4 cm³/mol. The van der Waals surface area contributed by atoms with E-state index in [1.54, 1.807) is 0 Å². The van der Waals surface area contributed by atoms with E-state index < -0.39 is 0 Å². The first-order chi connectivity index (χ1) is 8.60. The number of nitrogens with two attached hydrogens (primary N) is 1. The maximum absolute atomic E-state index is 5.87. The summed E-state index contributed by atoms with van der Waals surface area (Å²) in [7, 11) is 1.90. The van der Waals surface area contributed by atoms with E-state index in [9.17, 15) is 0 Å². The van der Waals surface area contributed by atoms with E-state index in [-0.39, 0.29) is 0 Å². The largest absolute Gasteiger partial charge is 0.457 e. The van der Waals surface area contributed by atoms with E-state index in [1.165, 1.54) is 5.56 Å². The molecule has 2 rings (SSSR count). The normalized spacial score (nSPS) is 10.2. The summed E-state index contributed by atoms with van der Waals surface area (Å²) in [4.78, 5) is 0.